The second-order valence-corrected chi connectivity index (χ2v) is 6.39. The van der Waals surface area contributed by atoms with Crippen LogP contribution in [0.25, 0.3) is 0 Å². The number of hydrogen-bond donors (Lipinski definition) is 2. The Morgan fingerprint density at radius 3 is 2.76 bits per heavy atom. The average Bonchev–Trinajstić information content (AvgIpc) is 2.26. The Bertz CT molecular complexity index is 247. The standard InChI is InChI=1S/C15H30N2/c1-12(2)8-14-6-5-7-15(9-14,11-16)17-10-13(3)4/h12,14,17H,3,5-11,16H2,1-2,4H3. The smallest absolute Gasteiger partial charge is 0.0309 e. The maximum absolute atomic E-state index is 6.03. The highest BCUT2D eigenvalue weighted by molar-refractivity contribution is 5.00. The fourth-order valence-corrected chi connectivity index (χ4v) is 3.11. The predicted molar refractivity (Wildman–Crippen MR) is 76.0 cm³/mol. The summed E-state index contributed by atoms with van der Waals surface area (Å²) in [6.45, 7) is 12.4. The zero-order valence-corrected chi connectivity index (χ0v) is 11.9. The van der Waals surface area contributed by atoms with Crippen molar-refractivity contribution in [2.24, 2.45) is 17.6 Å². The summed E-state index contributed by atoms with van der Waals surface area (Å²) in [5.74, 6) is 1.65. The van der Waals surface area contributed by atoms with Crippen LogP contribution in [0.1, 0.15) is 52.9 Å². The molecule has 2 nitrogen and oxygen atoms in total. The number of nitrogens with one attached hydrogen (secondary N) is 1. The summed E-state index contributed by atoms with van der Waals surface area (Å²) in [5.41, 5.74) is 7.40. The molecule has 2 heteroatoms. The molecule has 0 amide bonds. The molecule has 1 aliphatic carbocycles. The molecule has 0 heterocycles. The van der Waals surface area contributed by atoms with Gasteiger partial charge in [-0.05, 0) is 38.0 Å². The minimum atomic E-state index is 0.177. The van der Waals surface area contributed by atoms with Gasteiger partial charge in [0.15, 0.2) is 0 Å². The Kier molecular flexibility index (Phi) is 5.68. The van der Waals surface area contributed by atoms with E-state index in [0.717, 1.165) is 24.9 Å². The molecule has 0 aromatic carbocycles. The number of hydrogen-bond acceptors (Lipinski definition) is 2. The summed E-state index contributed by atoms with van der Waals surface area (Å²) in [7, 11) is 0. The summed E-state index contributed by atoms with van der Waals surface area (Å²) in [5, 5.41) is 3.66. The van der Waals surface area contributed by atoms with Gasteiger partial charge in [-0.3, -0.25) is 0 Å². The number of nitrogens with two attached hydrogens (primary N) is 1. The topological polar surface area (TPSA) is 38.0 Å². The molecule has 0 aromatic rings. The molecule has 0 aromatic heterocycles. The largest absolute Gasteiger partial charge is 0.329 e. The Hall–Kier alpha value is -0.340. The van der Waals surface area contributed by atoms with Crippen LogP contribution < -0.4 is 11.1 Å². The van der Waals surface area contributed by atoms with Crippen molar-refractivity contribution in [1.29, 1.82) is 0 Å². The van der Waals surface area contributed by atoms with E-state index in [0.29, 0.717) is 0 Å². The van der Waals surface area contributed by atoms with Crippen molar-refractivity contribution in [3.05, 3.63) is 12.2 Å². The Labute approximate surface area is 107 Å². The lowest BCUT2D eigenvalue weighted by Gasteiger charge is -2.42. The fourth-order valence-electron chi connectivity index (χ4n) is 3.11. The van der Waals surface area contributed by atoms with Crippen LogP contribution in [-0.2, 0) is 0 Å². The second kappa shape index (κ2) is 6.55. The van der Waals surface area contributed by atoms with Crippen molar-refractivity contribution in [3.8, 4) is 0 Å². The van der Waals surface area contributed by atoms with Gasteiger partial charge in [0.2, 0.25) is 0 Å². The van der Waals surface area contributed by atoms with E-state index in [9.17, 15) is 0 Å². The van der Waals surface area contributed by atoms with Crippen molar-refractivity contribution in [2.45, 2.75) is 58.4 Å². The highest BCUT2D eigenvalue weighted by Crippen LogP contribution is 2.35. The lowest BCUT2D eigenvalue weighted by molar-refractivity contribution is 0.171. The van der Waals surface area contributed by atoms with Gasteiger partial charge in [-0.15, -0.1) is 0 Å². The van der Waals surface area contributed by atoms with Gasteiger partial charge in [0.25, 0.3) is 0 Å². The Balaban J connectivity index is 2.55. The van der Waals surface area contributed by atoms with E-state index in [1.807, 2.05) is 0 Å². The third kappa shape index (κ3) is 4.81. The van der Waals surface area contributed by atoms with Crippen molar-refractivity contribution in [3.63, 3.8) is 0 Å². The lowest BCUT2D eigenvalue weighted by atomic mass is 9.73. The molecule has 1 saturated carbocycles. The van der Waals surface area contributed by atoms with Crippen LogP contribution in [0.5, 0.6) is 0 Å². The first-order valence-electron chi connectivity index (χ1n) is 7.07. The van der Waals surface area contributed by atoms with Crippen LogP contribution in [-0.4, -0.2) is 18.6 Å². The lowest BCUT2D eigenvalue weighted by Crippen LogP contribution is -2.54. The first-order chi connectivity index (χ1) is 7.97. The van der Waals surface area contributed by atoms with Gasteiger partial charge in [-0.1, -0.05) is 38.8 Å². The summed E-state index contributed by atoms with van der Waals surface area (Å²) in [4.78, 5) is 0. The fraction of sp³-hybridized carbons (Fsp3) is 0.867. The zero-order valence-electron chi connectivity index (χ0n) is 11.9. The quantitative estimate of drug-likeness (QED) is 0.698. The van der Waals surface area contributed by atoms with E-state index in [-0.39, 0.29) is 5.54 Å². The molecule has 3 N–H and O–H groups in total. The first kappa shape index (κ1) is 14.7. The van der Waals surface area contributed by atoms with E-state index >= 15 is 0 Å². The molecule has 17 heavy (non-hydrogen) atoms. The molecule has 2 unspecified atom stereocenters. The first-order valence-corrected chi connectivity index (χ1v) is 7.07. The van der Waals surface area contributed by atoms with E-state index in [2.05, 4.69) is 32.7 Å². The molecule has 0 bridgehead atoms. The SMILES string of the molecule is C=C(C)CNC1(CN)CCCC(CC(C)C)C1. The van der Waals surface area contributed by atoms with E-state index in [1.54, 1.807) is 0 Å². The van der Waals surface area contributed by atoms with Crippen LogP contribution >= 0.6 is 0 Å². The molecule has 0 spiro atoms. The van der Waals surface area contributed by atoms with Crippen LogP contribution in [0.2, 0.25) is 0 Å². The Morgan fingerprint density at radius 2 is 2.24 bits per heavy atom. The van der Waals surface area contributed by atoms with Crippen molar-refractivity contribution >= 4 is 0 Å². The molecule has 1 fully saturated rings. The molecule has 0 aliphatic heterocycles. The molecule has 2 atom stereocenters. The molecule has 100 valence electrons. The van der Waals surface area contributed by atoms with Gasteiger partial charge in [-0.2, -0.15) is 0 Å². The molecule has 1 rings (SSSR count). The molecular weight excluding hydrogens is 208 g/mol. The molecule has 0 radical (unpaired) electrons. The molecule has 0 saturated heterocycles. The van der Waals surface area contributed by atoms with Gasteiger partial charge in [0.05, 0.1) is 0 Å². The van der Waals surface area contributed by atoms with Crippen LogP contribution in [0.4, 0.5) is 0 Å². The van der Waals surface area contributed by atoms with Gasteiger partial charge >= 0.3 is 0 Å². The summed E-state index contributed by atoms with van der Waals surface area (Å²) in [6.07, 6.45) is 6.52. The summed E-state index contributed by atoms with van der Waals surface area (Å²) < 4.78 is 0. The average molecular weight is 238 g/mol. The predicted octanol–water partition coefficient (Wildman–Crippen LogP) is 3.09. The zero-order chi connectivity index (χ0) is 12.9. The van der Waals surface area contributed by atoms with E-state index in [1.165, 1.54) is 37.7 Å². The second-order valence-electron chi connectivity index (χ2n) is 6.39. The van der Waals surface area contributed by atoms with E-state index in [4.69, 9.17) is 5.73 Å². The maximum Gasteiger partial charge on any atom is 0.0309 e. The number of rotatable bonds is 6. The normalized spacial score (nSPS) is 29.6. The third-order valence-electron chi connectivity index (χ3n) is 3.91. The highest BCUT2D eigenvalue weighted by atomic mass is 15.0. The molecule has 1 aliphatic rings. The minimum absolute atomic E-state index is 0.177. The van der Waals surface area contributed by atoms with Crippen molar-refractivity contribution in [1.82, 2.24) is 5.32 Å². The monoisotopic (exact) mass is 238 g/mol. The van der Waals surface area contributed by atoms with Crippen LogP contribution in [0.3, 0.4) is 0 Å². The van der Waals surface area contributed by atoms with Gasteiger partial charge < -0.3 is 11.1 Å². The molecular formula is C15H30N2. The third-order valence-corrected chi connectivity index (χ3v) is 3.91. The highest BCUT2D eigenvalue weighted by Gasteiger charge is 2.34. The maximum atomic E-state index is 6.03. The van der Waals surface area contributed by atoms with Gasteiger partial charge in [0.1, 0.15) is 0 Å². The van der Waals surface area contributed by atoms with Crippen LogP contribution in [0, 0.1) is 11.8 Å². The minimum Gasteiger partial charge on any atom is -0.329 e. The van der Waals surface area contributed by atoms with Gasteiger partial charge in [-0.25, -0.2) is 0 Å². The van der Waals surface area contributed by atoms with Gasteiger partial charge in [0, 0.05) is 18.6 Å². The summed E-state index contributed by atoms with van der Waals surface area (Å²) in [6, 6.07) is 0. The summed E-state index contributed by atoms with van der Waals surface area (Å²) >= 11 is 0. The van der Waals surface area contributed by atoms with E-state index < -0.39 is 0 Å². The van der Waals surface area contributed by atoms with Crippen molar-refractivity contribution in [2.75, 3.05) is 13.1 Å². The van der Waals surface area contributed by atoms with Crippen LogP contribution in [0.15, 0.2) is 12.2 Å². The Morgan fingerprint density at radius 1 is 1.53 bits per heavy atom. The van der Waals surface area contributed by atoms with Crippen molar-refractivity contribution < 1.29 is 0 Å².